The second kappa shape index (κ2) is 4.90. The van der Waals surface area contributed by atoms with Crippen LogP contribution in [-0.4, -0.2) is 19.7 Å². The minimum Gasteiger partial charge on any atom is -0.340 e. The van der Waals surface area contributed by atoms with E-state index in [2.05, 4.69) is 31.1 Å². The van der Waals surface area contributed by atoms with Gasteiger partial charge in [0.1, 0.15) is 0 Å². The summed E-state index contributed by atoms with van der Waals surface area (Å²) in [5, 5.41) is 3.89. The Bertz CT molecular complexity index is 788. The van der Waals surface area contributed by atoms with Crippen molar-refractivity contribution in [3.63, 3.8) is 0 Å². The van der Waals surface area contributed by atoms with Crippen LogP contribution in [0.25, 0.3) is 11.0 Å². The van der Waals surface area contributed by atoms with Gasteiger partial charge in [0.25, 0.3) is 0 Å². The lowest BCUT2D eigenvalue weighted by Crippen LogP contribution is -2.02. The molecule has 0 saturated heterocycles. The molecular weight excluding hydrogens is 328 g/mol. The Morgan fingerprint density at radius 2 is 2.32 bits per heavy atom. The third-order valence-electron chi connectivity index (χ3n) is 2.86. The van der Waals surface area contributed by atoms with Gasteiger partial charge in [0.15, 0.2) is 10.6 Å². The van der Waals surface area contributed by atoms with Gasteiger partial charge in [-0.1, -0.05) is 21.1 Å². The van der Waals surface area contributed by atoms with Crippen LogP contribution in [0.2, 0.25) is 0 Å². The Morgan fingerprint density at radius 1 is 1.47 bits per heavy atom. The summed E-state index contributed by atoms with van der Waals surface area (Å²) in [6.45, 7) is 2.50. The van der Waals surface area contributed by atoms with Gasteiger partial charge in [-0.2, -0.15) is 4.98 Å². The van der Waals surface area contributed by atoms with Crippen molar-refractivity contribution >= 4 is 39.2 Å². The number of rotatable bonds is 3. The van der Waals surface area contributed by atoms with Gasteiger partial charge in [-0.05, 0) is 30.4 Å². The highest BCUT2D eigenvalue weighted by molar-refractivity contribution is 9.10. The molecule has 0 aliphatic heterocycles. The van der Waals surface area contributed by atoms with Gasteiger partial charge in [0, 0.05) is 24.4 Å². The smallest absolute Gasteiger partial charge is 0.223 e. The molecule has 0 aliphatic carbocycles. The number of aromatic amines is 1. The highest BCUT2D eigenvalue weighted by Crippen LogP contribution is 2.19. The van der Waals surface area contributed by atoms with Crippen LogP contribution in [0.1, 0.15) is 11.7 Å². The van der Waals surface area contributed by atoms with Crippen molar-refractivity contribution in [2.45, 2.75) is 19.9 Å². The monoisotopic (exact) mass is 338 g/mol. The van der Waals surface area contributed by atoms with E-state index in [1.165, 1.54) is 0 Å². The first-order valence-corrected chi connectivity index (χ1v) is 7.01. The third-order valence-corrected chi connectivity index (χ3v) is 3.68. The second-order valence-electron chi connectivity index (χ2n) is 4.22. The van der Waals surface area contributed by atoms with Crippen LogP contribution in [0.15, 0.2) is 27.2 Å². The van der Waals surface area contributed by atoms with Gasteiger partial charge in [0.2, 0.25) is 5.89 Å². The molecule has 7 heteroatoms. The molecule has 0 atom stereocenters. The summed E-state index contributed by atoms with van der Waals surface area (Å²) < 4.78 is 8.73. The lowest BCUT2D eigenvalue weighted by atomic mass is 10.3. The summed E-state index contributed by atoms with van der Waals surface area (Å²) in [4.78, 5) is 7.38. The molecule has 1 N–H and O–H groups in total. The lowest BCUT2D eigenvalue weighted by Gasteiger charge is -2.02. The average Bonchev–Trinajstić information content (AvgIpc) is 2.89. The van der Waals surface area contributed by atoms with Crippen molar-refractivity contribution in [2.75, 3.05) is 0 Å². The highest BCUT2D eigenvalue weighted by Gasteiger charge is 2.07. The maximum Gasteiger partial charge on any atom is 0.223 e. The SMILES string of the molecule is Cc1nc(CCn2c(=S)[nH]c3cc(Br)ccc32)no1. The van der Waals surface area contributed by atoms with E-state index in [1.807, 2.05) is 22.8 Å². The number of fused-ring (bicyclic) bond motifs is 1. The summed E-state index contributed by atoms with van der Waals surface area (Å²) in [7, 11) is 0. The first-order valence-electron chi connectivity index (χ1n) is 5.81. The number of imidazole rings is 1. The van der Waals surface area contributed by atoms with Crippen LogP contribution in [0, 0.1) is 11.7 Å². The molecular formula is C12H11BrN4OS. The van der Waals surface area contributed by atoms with Crippen LogP contribution in [0.5, 0.6) is 0 Å². The van der Waals surface area contributed by atoms with Crippen molar-refractivity contribution in [3.05, 3.63) is 39.2 Å². The van der Waals surface area contributed by atoms with Crippen molar-refractivity contribution < 1.29 is 4.52 Å². The van der Waals surface area contributed by atoms with E-state index in [-0.39, 0.29) is 0 Å². The van der Waals surface area contributed by atoms with Gasteiger partial charge in [-0.15, -0.1) is 0 Å². The largest absolute Gasteiger partial charge is 0.340 e. The number of nitrogens with one attached hydrogen (secondary N) is 1. The Morgan fingerprint density at radius 3 is 3.05 bits per heavy atom. The molecule has 0 amide bonds. The number of hydrogen-bond acceptors (Lipinski definition) is 4. The molecule has 0 saturated carbocycles. The molecule has 3 aromatic rings. The molecule has 5 nitrogen and oxygen atoms in total. The zero-order chi connectivity index (χ0) is 13.4. The summed E-state index contributed by atoms with van der Waals surface area (Å²) >= 11 is 8.79. The molecule has 0 bridgehead atoms. The summed E-state index contributed by atoms with van der Waals surface area (Å²) in [6.07, 6.45) is 0.689. The van der Waals surface area contributed by atoms with E-state index < -0.39 is 0 Å². The number of benzene rings is 1. The van der Waals surface area contributed by atoms with Gasteiger partial charge in [-0.3, -0.25) is 0 Å². The van der Waals surface area contributed by atoms with Crippen molar-refractivity contribution in [2.24, 2.45) is 0 Å². The van der Waals surface area contributed by atoms with Crippen molar-refractivity contribution in [3.8, 4) is 0 Å². The average molecular weight is 339 g/mol. The minimum atomic E-state index is 0.585. The molecule has 2 heterocycles. The van der Waals surface area contributed by atoms with E-state index in [0.717, 1.165) is 22.1 Å². The quantitative estimate of drug-likeness (QED) is 0.743. The Labute approximate surface area is 122 Å². The Hall–Kier alpha value is -1.47. The van der Waals surface area contributed by atoms with E-state index in [4.69, 9.17) is 16.7 Å². The molecule has 0 radical (unpaired) electrons. The number of hydrogen-bond donors (Lipinski definition) is 1. The normalized spacial score (nSPS) is 11.3. The maximum atomic E-state index is 5.34. The van der Waals surface area contributed by atoms with Crippen molar-refractivity contribution in [1.82, 2.24) is 19.7 Å². The van der Waals surface area contributed by atoms with Crippen LogP contribution < -0.4 is 0 Å². The van der Waals surface area contributed by atoms with Crippen molar-refractivity contribution in [1.29, 1.82) is 0 Å². The summed E-state index contributed by atoms with van der Waals surface area (Å²) in [5.74, 6) is 1.28. The zero-order valence-corrected chi connectivity index (χ0v) is 12.6. The predicted molar refractivity (Wildman–Crippen MR) is 77.6 cm³/mol. The molecule has 1 aromatic carbocycles. The first kappa shape index (κ1) is 12.6. The fraction of sp³-hybridized carbons (Fsp3) is 0.250. The van der Waals surface area contributed by atoms with Crippen LogP contribution >= 0.6 is 28.1 Å². The predicted octanol–water partition coefficient (Wildman–Crippen LogP) is 3.40. The van der Waals surface area contributed by atoms with Crippen LogP contribution in [-0.2, 0) is 13.0 Å². The van der Waals surface area contributed by atoms with Gasteiger partial charge < -0.3 is 14.1 Å². The zero-order valence-electron chi connectivity index (χ0n) is 10.2. The fourth-order valence-corrected chi connectivity index (χ4v) is 2.67. The van der Waals surface area contributed by atoms with Crippen LogP contribution in [0.3, 0.4) is 0 Å². The molecule has 0 fully saturated rings. The second-order valence-corrected chi connectivity index (χ2v) is 5.53. The Kier molecular flexibility index (Phi) is 3.24. The highest BCUT2D eigenvalue weighted by atomic mass is 79.9. The first-order chi connectivity index (χ1) is 9.13. The van der Waals surface area contributed by atoms with Gasteiger partial charge in [-0.25, -0.2) is 0 Å². The molecule has 98 valence electrons. The number of halogens is 1. The number of H-pyrrole nitrogens is 1. The van der Waals surface area contributed by atoms with E-state index in [1.54, 1.807) is 6.92 Å². The Balaban J connectivity index is 1.92. The molecule has 0 aliphatic rings. The summed E-state index contributed by atoms with van der Waals surface area (Å²) in [5.41, 5.74) is 2.09. The molecule has 19 heavy (non-hydrogen) atoms. The summed E-state index contributed by atoms with van der Waals surface area (Å²) in [6, 6.07) is 6.05. The number of aryl methyl sites for hydroxylation is 3. The van der Waals surface area contributed by atoms with E-state index in [0.29, 0.717) is 22.9 Å². The van der Waals surface area contributed by atoms with E-state index in [9.17, 15) is 0 Å². The topological polar surface area (TPSA) is 59.6 Å². The number of aromatic nitrogens is 4. The maximum absolute atomic E-state index is 5.34. The third kappa shape index (κ3) is 2.48. The minimum absolute atomic E-state index is 0.585. The van der Waals surface area contributed by atoms with Gasteiger partial charge >= 0.3 is 0 Å². The molecule has 0 unspecified atom stereocenters. The van der Waals surface area contributed by atoms with Crippen LogP contribution in [0.4, 0.5) is 0 Å². The van der Waals surface area contributed by atoms with E-state index >= 15 is 0 Å². The van der Waals surface area contributed by atoms with Gasteiger partial charge in [0.05, 0.1) is 11.0 Å². The lowest BCUT2D eigenvalue weighted by molar-refractivity contribution is 0.386. The molecule has 0 spiro atoms. The fourth-order valence-electron chi connectivity index (χ4n) is 2.01. The molecule has 3 rings (SSSR count). The standard InChI is InChI=1S/C12H11BrN4OS/c1-7-14-11(16-18-7)4-5-17-10-3-2-8(13)6-9(10)15-12(17)19/h2-3,6H,4-5H2,1H3,(H,15,19). The molecule has 2 aromatic heterocycles. The number of nitrogens with zero attached hydrogens (tertiary/aromatic N) is 3.